The van der Waals surface area contributed by atoms with E-state index in [0.717, 1.165) is 45.1 Å². The largest absolute Gasteiger partial charge is 0.383 e. The van der Waals surface area contributed by atoms with Crippen molar-refractivity contribution in [3.05, 3.63) is 64.5 Å². The SMILES string of the molecule is COCCN(CCOC)S(=O)(=O)c1ccc(C(=O)Nc2sc3c(c2-c2nc4ccccc4s2)CCC(C)C3)cc1. The van der Waals surface area contributed by atoms with Gasteiger partial charge in [-0.05, 0) is 67.1 Å². The van der Waals surface area contributed by atoms with Gasteiger partial charge in [-0.15, -0.1) is 22.7 Å². The smallest absolute Gasteiger partial charge is 0.256 e. The molecule has 2 heterocycles. The minimum absolute atomic E-state index is 0.118. The number of anilines is 1. The fourth-order valence-electron chi connectivity index (χ4n) is 4.89. The van der Waals surface area contributed by atoms with E-state index in [1.54, 1.807) is 34.8 Å². The predicted molar refractivity (Wildman–Crippen MR) is 161 cm³/mol. The van der Waals surface area contributed by atoms with Crippen molar-refractivity contribution in [2.45, 2.75) is 31.1 Å². The molecule has 0 spiro atoms. The van der Waals surface area contributed by atoms with E-state index >= 15 is 0 Å². The third-order valence-corrected chi connectivity index (χ3v) is 11.2. The second-order valence-corrected chi connectivity index (χ2v) is 14.0. The molecule has 0 aliphatic heterocycles. The fourth-order valence-corrected chi connectivity index (χ4v) is 8.81. The molecule has 1 aliphatic rings. The quantitative estimate of drug-likeness (QED) is 0.238. The molecule has 2 aromatic heterocycles. The van der Waals surface area contributed by atoms with Crippen LogP contribution in [0, 0.1) is 5.92 Å². The number of thiazole rings is 1. The van der Waals surface area contributed by atoms with Gasteiger partial charge in [0.1, 0.15) is 10.0 Å². The molecule has 0 bridgehead atoms. The first-order valence-corrected chi connectivity index (χ1v) is 16.3. The van der Waals surface area contributed by atoms with Gasteiger partial charge in [0.25, 0.3) is 5.91 Å². The maximum Gasteiger partial charge on any atom is 0.256 e. The summed E-state index contributed by atoms with van der Waals surface area (Å²) in [6.45, 7) is 3.22. The van der Waals surface area contributed by atoms with Crippen LogP contribution in [0.15, 0.2) is 53.4 Å². The van der Waals surface area contributed by atoms with Crippen LogP contribution < -0.4 is 5.32 Å². The van der Waals surface area contributed by atoms with Crippen LogP contribution in [0.3, 0.4) is 0 Å². The van der Waals surface area contributed by atoms with E-state index in [1.165, 1.54) is 41.1 Å². The van der Waals surface area contributed by atoms with Gasteiger partial charge in [0, 0.05) is 43.3 Å². The van der Waals surface area contributed by atoms with Crippen LogP contribution >= 0.6 is 22.7 Å². The lowest BCUT2D eigenvalue weighted by Gasteiger charge is -2.21. The highest BCUT2D eigenvalue weighted by molar-refractivity contribution is 7.89. The molecule has 5 rings (SSSR count). The second-order valence-electron chi connectivity index (χ2n) is 9.91. The number of para-hydroxylation sites is 1. The Kier molecular flexibility index (Phi) is 8.98. The highest BCUT2D eigenvalue weighted by Gasteiger charge is 2.28. The molecule has 0 radical (unpaired) electrons. The van der Waals surface area contributed by atoms with E-state index in [9.17, 15) is 13.2 Å². The molecule has 2 aromatic carbocycles. The Morgan fingerprint density at radius 2 is 1.75 bits per heavy atom. The Balaban J connectivity index is 1.42. The maximum atomic E-state index is 13.4. The summed E-state index contributed by atoms with van der Waals surface area (Å²) >= 11 is 3.27. The number of hydrogen-bond acceptors (Lipinski definition) is 8. The lowest BCUT2D eigenvalue weighted by molar-refractivity contribution is 0.102. The first-order chi connectivity index (χ1) is 19.3. The standard InChI is InChI=1S/C29H33N3O5S3/c1-19-8-13-22-25(18-19)39-29(26(22)28-30-23-6-4-5-7-24(23)38-28)31-27(33)20-9-11-21(12-10-20)40(34,35)32(14-16-36-2)15-17-37-3/h4-7,9-12,19H,8,13-18H2,1-3H3,(H,31,33). The number of nitrogens with zero attached hydrogens (tertiary/aromatic N) is 2. The predicted octanol–water partition coefficient (Wildman–Crippen LogP) is 5.69. The number of benzene rings is 2. The Morgan fingerprint density at radius 1 is 1.05 bits per heavy atom. The highest BCUT2D eigenvalue weighted by atomic mass is 32.2. The van der Waals surface area contributed by atoms with Crippen molar-refractivity contribution in [2.75, 3.05) is 45.8 Å². The summed E-state index contributed by atoms with van der Waals surface area (Å²) in [5, 5.41) is 4.84. The summed E-state index contributed by atoms with van der Waals surface area (Å²) in [6, 6.07) is 14.1. The molecule has 1 N–H and O–H groups in total. The molecule has 4 aromatic rings. The van der Waals surface area contributed by atoms with E-state index in [-0.39, 0.29) is 37.1 Å². The van der Waals surface area contributed by atoms with Gasteiger partial charge in [-0.1, -0.05) is 19.1 Å². The third kappa shape index (κ3) is 6.00. The normalized spacial score (nSPS) is 15.4. The number of carbonyl (C=O) groups is 1. The zero-order chi connectivity index (χ0) is 28.3. The third-order valence-electron chi connectivity index (χ3n) is 7.09. The van der Waals surface area contributed by atoms with Gasteiger partial charge in [0.2, 0.25) is 10.0 Å². The van der Waals surface area contributed by atoms with Crippen molar-refractivity contribution in [3.63, 3.8) is 0 Å². The molecule has 11 heteroatoms. The van der Waals surface area contributed by atoms with Gasteiger partial charge in [-0.25, -0.2) is 13.4 Å². The lowest BCUT2D eigenvalue weighted by atomic mass is 9.88. The van der Waals surface area contributed by atoms with Crippen LogP contribution in [0.25, 0.3) is 20.8 Å². The first kappa shape index (κ1) is 28.8. The van der Waals surface area contributed by atoms with Crippen molar-refractivity contribution in [3.8, 4) is 10.6 Å². The van der Waals surface area contributed by atoms with Gasteiger partial charge in [0.05, 0.1) is 28.3 Å². The number of nitrogens with one attached hydrogen (secondary N) is 1. The molecule has 212 valence electrons. The monoisotopic (exact) mass is 599 g/mol. The van der Waals surface area contributed by atoms with Gasteiger partial charge in [-0.3, -0.25) is 4.79 Å². The van der Waals surface area contributed by atoms with Crippen LogP contribution in [-0.4, -0.2) is 64.1 Å². The van der Waals surface area contributed by atoms with Crippen molar-refractivity contribution >= 4 is 53.8 Å². The topological polar surface area (TPSA) is 97.8 Å². The average Bonchev–Trinajstić information content (AvgIpc) is 3.53. The van der Waals surface area contributed by atoms with Crippen LogP contribution in [-0.2, 0) is 32.3 Å². The number of hydrogen-bond donors (Lipinski definition) is 1. The zero-order valence-electron chi connectivity index (χ0n) is 22.8. The van der Waals surface area contributed by atoms with Crippen molar-refractivity contribution < 1.29 is 22.7 Å². The van der Waals surface area contributed by atoms with E-state index in [0.29, 0.717) is 11.5 Å². The lowest BCUT2D eigenvalue weighted by Crippen LogP contribution is -2.36. The van der Waals surface area contributed by atoms with E-state index in [2.05, 4.69) is 18.3 Å². The van der Waals surface area contributed by atoms with Crippen LogP contribution in [0.1, 0.15) is 34.1 Å². The van der Waals surface area contributed by atoms with Crippen LogP contribution in [0.4, 0.5) is 5.00 Å². The molecular formula is C29H33N3O5S3. The van der Waals surface area contributed by atoms with E-state index in [1.807, 2.05) is 18.2 Å². The summed E-state index contributed by atoms with van der Waals surface area (Å²) in [7, 11) is -0.715. The van der Waals surface area contributed by atoms with Gasteiger partial charge in [-0.2, -0.15) is 4.31 Å². The number of amides is 1. The number of rotatable bonds is 11. The molecule has 0 saturated carbocycles. The minimum Gasteiger partial charge on any atom is -0.383 e. The number of methoxy groups -OCH3 is 2. The molecule has 1 amide bonds. The van der Waals surface area contributed by atoms with Crippen molar-refractivity contribution in [1.29, 1.82) is 0 Å². The van der Waals surface area contributed by atoms with Gasteiger partial charge < -0.3 is 14.8 Å². The van der Waals surface area contributed by atoms with E-state index < -0.39 is 10.0 Å². The number of thiophene rings is 1. The molecule has 40 heavy (non-hydrogen) atoms. The second kappa shape index (κ2) is 12.5. The van der Waals surface area contributed by atoms with Crippen molar-refractivity contribution in [2.24, 2.45) is 5.92 Å². The number of sulfonamides is 1. The molecule has 0 saturated heterocycles. The van der Waals surface area contributed by atoms with Crippen molar-refractivity contribution in [1.82, 2.24) is 9.29 Å². The number of fused-ring (bicyclic) bond motifs is 2. The van der Waals surface area contributed by atoms with Crippen LogP contribution in [0.2, 0.25) is 0 Å². The Labute approximate surface area is 243 Å². The number of carbonyl (C=O) groups excluding carboxylic acids is 1. The minimum atomic E-state index is -3.77. The summed E-state index contributed by atoms with van der Waals surface area (Å²) in [4.78, 5) is 19.7. The Hall–Kier alpha value is -2.67. The molecular weight excluding hydrogens is 567 g/mol. The molecule has 0 fully saturated rings. The fraction of sp³-hybridized carbons (Fsp3) is 0.379. The molecule has 8 nitrogen and oxygen atoms in total. The molecule has 1 unspecified atom stereocenters. The van der Waals surface area contributed by atoms with E-state index in [4.69, 9.17) is 14.5 Å². The van der Waals surface area contributed by atoms with Crippen LogP contribution in [0.5, 0.6) is 0 Å². The Morgan fingerprint density at radius 3 is 2.42 bits per heavy atom. The molecule has 1 aliphatic carbocycles. The van der Waals surface area contributed by atoms with Gasteiger partial charge >= 0.3 is 0 Å². The molecule has 1 atom stereocenters. The number of ether oxygens (including phenoxy) is 2. The number of aromatic nitrogens is 1. The summed E-state index contributed by atoms with van der Waals surface area (Å²) < 4.78 is 39.1. The zero-order valence-corrected chi connectivity index (χ0v) is 25.3. The highest BCUT2D eigenvalue weighted by Crippen LogP contribution is 2.47. The summed E-state index contributed by atoms with van der Waals surface area (Å²) in [5.74, 6) is 0.313. The van der Waals surface area contributed by atoms with Gasteiger partial charge in [0.15, 0.2) is 0 Å². The summed E-state index contributed by atoms with van der Waals surface area (Å²) in [6.07, 6.45) is 3.06. The first-order valence-electron chi connectivity index (χ1n) is 13.2. The Bertz CT molecular complexity index is 1550. The average molecular weight is 600 g/mol. The summed E-state index contributed by atoms with van der Waals surface area (Å²) in [5.41, 5.74) is 3.64. The maximum absolute atomic E-state index is 13.4.